The van der Waals surface area contributed by atoms with E-state index in [0.29, 0.717) is 38.3 Å². The molecule has 1 aromatic heterocycles. The third-order valence-electron chi connectivity index (χ3n) is 9.34. The standard InChI is InChI=1S/C35H43ClN6O4/c1-23(2)46-32(44)14-13-31(43)42-18-15-25(20-42)40(4)34-27-16-19-41(30-12-6-9-24-8-5-11-28(36)33(24)30)21-29(27)37-35(38-34)45-22-26-10-7-17-39(26)3/h5-6,8-9,11-14,23,25-26H,7,10,15-22H2,1-4H3/b14-13+/t25-,26+/m1/s1. The number of nitrogens with zero attached hydrogens (tertiary/aromatic N) is 6. The molecule has 1 amide bonds. The number of benzene rings is 2. The predicted octanol–water partition coefficient (Wildman–Crippen LogP) is 4.86. The van der Waals surface area contributed by atoms with E-state index in [9.17, 15) is 9.59 Å². The Bertz CT molecular complexity index is 1620. The predicted molar refractivity (Wildman–Crippen MR) is 181 cm³/mol. The zero-order valence-corrected chi connectivity index (χ0v) is 27.9. The van der Waals surface area contributed by atoms with Gasteiger partial charge in [-0.25, -0.2) is 4.79 Å². The van der Waals surface area contributed by atoms with E-state index in [4.69, 9.17) is 31.0 Å². The number of aromatic nitrogens is 2. The summed E-state index contributed by atoms with van der Waals surface area (Å²) in [5.74, 6) is 0.140. The highest BCUT2D eigenvalue weighted by molar-refractivity contribution is 6.36. The quantitative estimate of drug-likeness (QED) is 0.239. The van der Waals surface area contributed by atoms with Gasteiger partial charge in [-0.15, -0.1) is 0 Å². The largest absolute Gasteiger partial charge is 0.462 e. The van der Waals surface area contributed by atoms with E-state index in [2.05, 4.69) is 46.0 Å². The zero-order valence-electron chi connectivity index (χ0n) is 27.1. The molecule has 0 radical (unpaired) electrons. The minimum Gasteiger partial charge on any atom is -0.462 e. The van der Waals surface area contributed by atoms with Crippen LogP contribution in [-0.4, -0.2) is 96.7 Å². The number of halogens is 1. The topological polar surface area (TPSA) is 91.3 Å². The van der Waals surface area contributed by atoms with Gasteiger partial charge in [0.05, 0.1) is 23.4 Å². The van der Waals surface area contributed by atoms with Crippen LogP contribution in [0.15, 0.2) is 48.6 Å². The van der Waals surface area contributed by atoms with Gasteiger partial charge in [-0.3, -0.25) is 4.79 Å². The van der Waals surface area contributed by atoms with Crippen LogP contribution >= 0.6 is 11.6 Å². The molecule has 0 bridgehead atoms. The fraction of sp³-hybridized carbons (Fsp3) is 0.486. The molecule has 2 atom stereocenters. The van der Waals surface area contributed by atoms with Crippen molar-refractivity contribution in [3.63, 3.8) is 0 Å². The van der Waals surface area contributed by atoms with Gasteiger partial charge in [-0.2, -0.15) is 9.97 Å². The van der Waals surface area contributed by atoms with Crippen molar-refractivity contribution < 1.29 is 19.1 Å². The molecule has 6 rings (SSSR count). The van der Waals surface area contributed by atoms with Gasteiger partial charge < -0.3 is 29.1 Å². The molecule has 3 aliphatic rings. The van der Waals surface area contributed by atoms with E-state index in [1.54, 1.807) is 18.7 Å². The first kappa shape index (κ1) is 32.1. The second-order valence-electron chi connectivity index (χ2n) is 12.8. The van der Waals surface area contributed by atoms with Gasteiger partial charge in [0.2, 0.25) is 5.91 Å². The number of fused-ring (bicyclic) bond motifs is 2. The van der Waals surface area contributed by atoms with Crippen molar-refractivity contribution in [1.29, 1.82) is 0 Å². The third-order valence-corrected chi connectivity index (χ3v) is 9.66. The molecule has 244 valence electrons. The van der Waals surface area contributed by atoms with Crippen LogP contribution in [0.5, 0.6) is 6.01 Å². The van der Waals surface area contributed by atoms with E-state index >= 15 is 0 Å². The summed E-state index contributed by atoms with van der Waals surface area (Å²) < 4.78 is 11.4. The van der Waals surface area contributed by atoms with Crippen molar-refractivity contribution in [2.75, 3.05) is 56.7 Å². The molecule has 4 heterocycles. The second kappa shape index (κ2) is 13.8. The van der Waals surface area contributed by atoms with Gasteiger partial charge in [0.25, 0.3) is 0 Å². The average molecular weight is 647 g/mol. The van der Waals surface area contributed by atoms with Crippen LogP contribution in [0.3, 0.4) is 0 Å². The van der Waals surface area contributed by atoms with E-state index < -0.39 is 5.97 Å². The average Bonchev–Trinajstić information content (AvgIpc) is 3.70. The number of hydrogen-bond donors (Lipinski definition) is 0. The molecule has 46 heavy (non-hydrogen) atoms. The van der Waals surface area contributed by atoms with Crippen molar-refractivity contribution in [1.82, 2.24) is 19.8 Å². The molecular weight excluding hydrogens is 604 g/mol. The molecule has 2 aromatic carbocycles. The molecule has 3 aromatic rings. The third kappa shape index (κ3) is 6.93. The van der Waals surface area contributed by atoms with Gasteiger partial charge >= 0.3 is 12.0 Å². The van der Waals surface area contributed by atoms with Gasteiger partial charge in [0.15, 0.2) is 0 Å². The van der Waals surface area contributed by atoms with Crippen molar-refractivity contribution in [3.05, 3.63) is 64.8 Å². The minimum atomic E-state index is -0.514. The monoisotopic (exact) mass is 646 g/mol. The maximum Gasteiger partial charge on any atom is 0.331 e. The lowest BCUT2D eigenvalue weighted by atomic mass is 10.0. The maximum absolute atomic E-state index is 12.9. The first-order valence-electron chi connectivity index (χ1n) is 16.2. The van der Waals surface area contributed by atoms with Crippen LogP contribution < -0.4 is 14.5 Å². The van der Waals surface area contributed by atoms with E-state index in [1.807, 2.05) is 19.2 Å². The molecule has 3 aliphatic heterocycles. The smallest absolute Gasteiger partial charge is 0.331 e. The fourth-order valence-electron chi connectivity index (χ4n) is 6.80. The Hall–Kier alpha value is -3.89. The molecule has 0 unspecified atom stereocenters. The van der Waals surface area contributed by atoms with Gasteiger partial charge in [0, 0.05) is 67.6 Å². The van der Waals surface area contributed by atoms with Gasteiger partial charge in [0.1, 0.15) is 12.4 Å². The highest BCUT2D eigenvalue weighted by Crippen LogP contribution is 2.37. The van der Waals surface area contributed by atoms with E-state index in [-0.39, 0.29) is 18.1 Å². The van der Waals surface area contributed by atoms with Crippen LogP contribution in [0.25, 0.3) is 10.8 Å². The number of anilines is 2. The lowest BCUT2D eigenvalue weighted by Gasteiger charge is -2.35. The van der Waals surface area contributed by atoms with Crippen LogP contribution in [0.4, 0.5) is 11.5 Å². The number of amides is 1. The molecule has 11 heteroatoms. The summed E-state index contributed by atoms with van der Waals surface area (Å²) in [6.45, 7) is 7.69. The van der Waals surface area contributed by atoms with Crippen LogP contribution in [0.1, 0.15) is 44.4 Å². The molecule has 2 saturated heterocycles. The summed E-state index contributed by atoms with van der Waals surface area (Å²) in [6.07, 6.45) is 6.09. The Morgan fingerprint density at radius 2 is 1.89 bits per heavy atom. The highest BCUT2D eigenvalue weighted by Gasteiger charge is 2.33. The summed E-state index contributed by atoms with van der Waals surface area (Å²) in [6, 6.07) is 13.1. The van der Waals surface area contributed by atoms with Crippen LogP contribution in [0.2, 0.25) is 5.02 Å². The van der Waals surface area contributed by atoms with Gasteiger partial charge in [-0.05, 0) is 70.6 Å². The van der Waals surface area contributed by atoms with Crippen molar-refractivity contribution >= 4 is 45.8 Å². The Labute approximate surface area is 275 Å². The summed E-state index contributed by atoms with van der Waals surface area (Å²) in [5, 5.41) is 2.89. The molecule has 0 spiro atoms. The number of carbonyl (C=O) groups is 2. The first-order valence-corrected chi connectivity index (χ1v) is 16.6. The SMILES string of the molecule is CC(C)OC(=O)/C=C/C(=O)N1CC[C@@H](N(C)c2nc(OC[C@@H]3CCCN3C)nc3c2CCN(c2cccc4cccc(Cl)c24)C3)C1. The fourth-order valence-corrected chi connectivity index (χ4v) is 7.08. The normalized spacial score (nSPS) is 20.1. The number of rotatable bonds is 9. The molecule has 0 aliphatic carbocycles. The molecule has 2 fully saturated rings. The Balaban J connectivity index is 1.25. The Morgan fingerprint density at radius 3 is 2.65 bits per heavy atom. The minimum absolute atomic E-state index is 0.0580. The van der Waals surface area contributed by atoms with E-state index in [0.717, 1.165) is 77.3 Å². The number of likely N-dealkylation sites (tertiary alicyclic amines) is 2. The zero-order chi connectivity index (χ0) is 32.4. The lowest BCUT2D eigenvalue weighted by molar-refractivity contribution is -0.141. The number of ether oxygens (including phenoxy) is 2. The molecular formula is C35H43ClN6O4. The number of likely N-dealkylation sites (N-methyl/N-ethyl adjacent to an activating group) is 2. The number of hydrogen-bond acceptors (Lipinski definition) is 9. The number of esters is 1. The van der Waals surface area contributed by atoms with Crippen LogP contribution in [-0.2, 0) is 27.3 Å². The van der Waals surface area contributed by atoms with Crippen LogP contribution in [0, 0.1) is 0 Å². The first-order chi connectivity index (χ1) is 22.2. The molecule has 10 nitrogen and oxygen atoms in total. The summed E-state index contributed by atoms with van der Waals surface area (Å²) in [7, 11) is 4.18. The Morgan fingerprint density at radius 1 is 1.09 bits per heavy atom. The summed E-state index contributed by atoms with van der Waals surface area (Å²) in [5.41, 5.74) is 3.14. The molecule has 0 N–H and O–H groups in total. The second-order valence-corrected chi connectivity index (χ2v) is 13.2. The highest BCUT2D eigenvalue weighted by atomic mass is 35.5. The van der Waals surface area contributed by atoms with Gasteiger partial charge in [-0.1, -0.05) is 35.9 Å². The van der Waals surface area contributed by atoms with Crippen molar-refractivity contribution in [3.8, 4) is 6.01 Å². The summed E-state index contributed by atoms with van der Waals surface area (Å²) >= 11 is 6.71. The Kier molecular flexibility index (Phi) is 9.65. The van der Waals surface area contributed by atoms with Crippen molar-refractivity contribution in [2.24, 2.45) is 0 Å². The van der Waals surface area contributed by atoms with E-state index in [1.165, 1.54) is 12.2 Å². The molecule has 0 saturated carbocycles. The summed E-state index contributed by atoms with van der Waals surface area (Å²) in [4.78, 5) is 43.4. The number of carbonyl (C=O) groups excluding carboxylic acids is 2. The lowest BCUT2D eigenvalue weighted by Crippen LogP contribution is -2.39. The van der Waals surface area contributed by atoms with Crippen molar-refractivity contribution in [2.45, 2.75) is 64.3 Å². The maximum atomic E-state index is 12.9.